The fourth-order valence-corrected chi connectivity index (χ4v) is 2.83. The normalized spacial score (nSPS) is 18.7. The number of rotatable bonds is 2. The van der Waals surface area contributed by atoms with Gasteiger partial charge in [-0.3, -0.25) is 0 Å². The minimum atomic E-state index is 0.00625. The maximum atomic E-state index is 5.50. The van der Waals surface area contributed by atoms with E-state index in [1.165, 1.54) is 5.56 Å². The first-order valence-corrected chi connectivity index (χ1v) is 5.77. The van der Waals surface area contributed by atoms with E-state index >= 15 is 0 Å². The van der Waals surface area contributed by atoms with Gasteiger partial charge in [0.15, 0.2) is 0 Å². The summed E-state index contributed by atoms with van der Waals surface area (Å²) in [6.07, 6.45) is 2.26. The Balaban J connectivity index is 2.40. The third-order valence-corrected chi connectivity index (χ3v) is 3.40. The van der Waals surface area contributed by atoms with E-state index < -0.39 is 0 Å². The van der Waals surface area contributed by atoms with Crippen molar-refractivity contribution in [2.75, 3.05) is 7.11 Å². The van der Waals surface area contributed by atoms with E-state index in [9.17, 15) is 0 Å². The Morgan fingerprint density at radius 1 is 1.15 bits per heavy atom. The van der Waals surface area contributed by atoms with Gasteiger partial charge >= 0.3 is 0 Å². The van der Waals surface area contributed by atoms with Crippen LogP contribution in [0, 0.1) is 0 Å². The highest BCUT2D eigenvalue weighted by Crippen LogP contribution is 2.49. The molecule has 1 aromatic carbocycles. The number of ether oxygens (including phenoxy) is 1. The van der Waals surface area contributed by atoms with Crippen LogP contribution in [0.4, 0.5) is 0 Å². The second-order valence-corrected chi connectivity index (χ2v) is 5.19. The lowest BCUT2D eigenvalue weighted by Crippen LogP contribution is -2.08. The quantitative estimate of drug-likeness (QED) is 0.806. The molecule has 0 saturated heterocycles. The second kappa shape index (κ2) is 3.37. The molecule has 70 valence electrons. The highest BCUT2D eigenvalue weighted by Gasteiger charge is 2.44. The molecule has 0 radical (unpaired) electrons. The summed E-state index contributed by atoms with van der Waals surface area (Å²) >= 11 is 6.95. The van der Waals surface area contributed by atoms with E-state index in [0.717, 1.165) is 21.8 Å². The average molecular weight is 306 g/mol. The Bertz CT molecular complexity index is 311. The predicted molar refractivity (Wildman–Crippen MR) is 59.8 cm³/mol. The van der Waals surface area contributed by atoms with Gasteiger partial charge in [-0.05, 0) is 36.6 Å². The molecule has 13 heavy (non-hydrogen) atoms. The van der Waals surface area contributed by atoms with Crippen molar-refractivity contribution in [3.63, 3.8) is 0 Å². The van der Waals surface area contributed by atoms with Crippen LogP contribution in [-0.4, -0.2) is 7.11 Å². The van der Waals surface area contributed by atoms with Gasteiger partial charge in [-0.25, -0.2) is 0 Å². The summed E-state index contributed by atoms with van der Waals surface area (Å²) in [6.45, 7) is 0. The third kappa shape index (κ3) is 1.83. The van der Waals surface area contributed by atoms with Crippen LogP contribution in [0.1, 0.15) is 18.4 Å². The molecule has 0 aliphatic heterocycles. The van der Waals surface area contributed by atoms with Gasteiger partial charge in [0, 0.05) is 16.1 Å². The number of hydrogen-bond acceptors (Lipinski definition) is 1. The summed E-state index contributed by atoms with van der Waals surface area (Å²) in [5.74, 6) is 0. The van der Waals surface area contributed by atoms with Crippen LogP contribution >= 0.6 is 31.9 Å². The van der Waals surface area contributed by atoms with Crippen LogP contribution in [0.2, 0.25) is 0 Å². The van der Waals surface area contributed by atoms with Crippen molar-refractivity contribution in [2.45, 2.75) is 18.4 Å². The Morgan fingerprint density at radius 2 is 1.69 bits per heavy atom. The summed E-state index contributed by atoms with van der Waals surface area (Å²) in [5, 5.41) is 0. The first-order chi connectivity index (χ1) is 6.16. The van der Waals surface area contributed by atoms with Crippen LogP contribution in [0.15, 0.2) is 27.1 Å². The Labute approximate surface area is 94.7 Å². The van der Waals surface area contributed by atoms with Gasteiger partial charge in [0.1, 0.15) is 0 Å². The van der Waals surface area contributed by atoms with E-state index in [1.807, 2.05) is 6.07 Å². The fourth-order valence-electron chi connectivity index (χ4n) is 1.54. The minimum Gasteiger partial charge on any atom is -0.374 e. The van der Waals surface area contributed by atoms with E-state index in [0.29, 0.717) is 0 Å². The van der Waals surface area contributed by atoms with Crippen LogP contribution in [-0.2, 0) is 10.3 Å². The van der Waals surface area contributed by atoms with Crippen molar-refractivity contribution in [3.05, 3.63) is 32.7 Å². The SMILES string of the molecule is COC1(c2cc(Br)cc(Br)c2)CC1. The van der Waals surface area contributed by atoms with Crippen LogP contribution < -0.4 is 0 Å². The number of halogens is 2. The molecule has 0 N–H and O–H groups in total. The zero-order valence-electron chi connectivity index (χ0n) is 7.31. The zero-order chi connectivity index (χ0) is 9.47. The Hall–Kier alpha value is 0.140. The number of hydrogen-bond donors (Lipinski definition) is 0. The molecule has 1 aromatic rings. The number of methoxy groups -OCH3 is 1. The maximum absolute atomic E-state index is 5.50. The first-order valence-electron chi connectivity index (χ1n) is 4.18. The van der Waals surface area contributed by atoms with Crippen molar-refractivity contribution < 1.29 is 4.74 Å². The molecular weight excluding hydrogens is 296 g/mol. The summed E-state index contributed by atoms with van der Waals surface area (Å²) in [5.41, 5.74) is 1.27. The maximum Gasteiger partial charge on any atom is 0.0930 e. The van der Waals surface area contributed by atoms with E-state index in [4.69, 9.17) is 4.74 Å². The molecule has 0 spiro atoms. The minimum absolute atomic E-state index is 0.00625. The highest BCUT2D eigenvalue weighted by molar-refractivity contribution is 9.11. The molecule has 1 nitrogen and oxygen atoms in total. The molecule has 1 aliphatic rings. The molecule has 0 aromatic heterocycles. The average Bonchev–Trinajstić information content (AvgIpc) is 2.82. The van der Waals surface area contributed by atoms with Crippen molar-refractivity contribution >= 4 is 31.9 Å². The molecule has 0 heterocycles. The highest BCUT2D eigenvalue weighted by atomic mass is 79.9. The van der Waals surface area contributed by atoms with Gasteiger partial charge in [-0.15, -0.1) is 0 Å². The summed E-state index contributed by atoms with van der Waals surface area (Å²) in [4.78, 5) is 0. The zero-order valence-corrected chi connectivity index (χ0v) is 10.5. The number of benzene rings is 1. The summed E-state index contributed by atoms with van der Waals surface area (Å²) in [7, 11) is 1.78. The van der Waals surface area contributed by atoms with Crippen LogP contribution in [0.3, 0.4) is 0 Å². The fraction of sp³-hybridized carbons (Fsp3) is 0.400. The van der Waals surface area contributed by atoms with Crippen LogP contribution in [0.25, 0.3) is 0 Å². The molecular formula is C10H10Br2O. The van der Waals surface area contributed by atoms with Gasteiger partial charge in [-0.2, -0.15) is 0 Å². The largest absolute Gasteiger partial charge is 0.374 e. The lowest BCUT2D eigenvalue weighted by atomic mass is 10.1. The second-order valence-electron chi connectivity index (χ2n) is 3.36. The van der Waals surface area contributed by atoms with Gasteiger partial charge in [0.05, 0.1) is 5.60 Å². The first kappa shape index (κ1) is 9.69. The van der Waals surface area contributed by atoms with Gasteiger partial charge in [-0.1, -0.05) is 31.9 Å². The molecule has 0 amide bonds. The topological polar surface area (TPSA) is 9.23 Å². The predicted octanol–water partition coefficient (Wildman–Crippen LogP) is 3.85. The molecule has 0 bridgehead atoms. The lowest BCUT2D eigenvalue weighted by molar-refractivity contribution is 0.0788. The molecule has 0 atom stereocenters. The van der Waals surface area contributed by atoms with E-state index in [1.54, 1.807) is 7.11 Å². The summed E-state index contributed by atoms with van der Waals surface area (Å²) < 4.78 is 7.70. The van der Waals surface area contributed by atoms with Crippen LogP contribution in [0.5, 0.6) is 0 Å². The lowest BCUT2D eigenvalue weighted by Gasteiger charge is -2.14. The molecule has 2 rings (SSSR count). The van der Waals surface area contributed by atoms with Gasteiger partial charge in [0.2, 0.25) is 0 Å². The van der Waals surface area contributed by atoms with Crippen molar-refractivity contribution in [3.8, 4) is 0 Å². The molecule has 1 aliphatic carbocycles. The van der Waals surface area contributed by atoms with Crippen molar-refractivity contribution in [2.24, 2.45) is 0 Å². The Morgan fingerprint density at radius 3 is 2.08 bits per heavy atom. The van der Waals surface area contributed by atoms with E-state index in [-0.39, 0.29) is 5.60 Å². The van der Waals surface area contributed by atoms with Gasteiger partial charge in [0.25, 0.3) is 0 Å². The smallest absolute Gasteiger partial charge is 0.0930 e. The Kier molecular flexibility index (Phi) is 2.51. The third-order valence-electron chi connectivity index (χ3n) is 2.48. The van der Waals surface area contributed by atoms with Gasteiger partial charge < -0.3 is 4.74 Å². The molecule has 1 saturated carbocycles. The monoisotopic (exact) mass is 304 g/mol. The molecule has 0 unspecified atom stereocenters. The molecule has 3 heteroatoms. The standard InChI is InChI=1S/C10H10Br2O/c1-13-10(2-3-10)7-4-8(11)6-9(12)5-7/h4-6H,2-3H2,1H3. The summed E-state index contributed by atoms with van der Waals surface area (Å²) in [6, 6.07) is 6.29. The molecule has 1 fully saturated rings. The van der Waals surface area contributed by atoms with Crippen molar-refractivity contribution in [1.82, 2.24) is 0 Å². The van der Waals surface area contributed by atoms with E-state index in [2.05, 4.69) is 44.0 Å². The van der Waals surface area contributed by atoms with Crippen molar-refractivity contribution in [1.29, 1.82) is 0 Å².